The summed E-state index contributed by atoms with van der Waals surface area (Å²) in [5.41, 5.74) is 8.04. The molecule has 0 unspecified atom stereocenters. The molecule has 0 spiro atoms. The van der Waals surface area contributed by atoms with Crippen LogP contribution >= 0.6 is 0 Å². The molecule has 2 heterocycles. The van der Waals surface area contributed by atoms with Gasteiger partial charge >= 0.3 is 0 Å². The molecule has 0 aliphatic heterocycles. The lowest BCUT2D eigenvalue weighted by Crippen LogP contribution is -2.05. The van der Waals surface area contributed by atoms with Crippen LogP contribution in [0.25, 0.3) is 0 Å². The van der Waals surface area contributed by atoms with Crippen LogP contribution in [0.15, 0.2) is 24.8 Å². The second-order valence-corrected chi connectivity index (χ2v) is 3.06. The van der Waals surface area contributed by atoms with Gasteiger partial charge in [-0.25, -0.2) is 0 Å². The number of rotatable bonds is 2. The first kappa shape index (κ1) is 8.68. The third-order valence-electron chi connectivity index (χ3n) is 1.95. The Labute approximate surface area is 81.6 Å². The first-order valence-corrected chi connectivity index (χ1v) is 4.30. The average molecular weight is 189 g/mol. The van der Waals surface area contributed by atoms with E-state index in [2.05, 4.69) is 15.1 Å². The van der Waals surface area contributed by atoms with Crippen molar-refractivity contribution in [1.82, 2.24) is 19.7 Å². The number of hydrogen-bond acceptors (Lipinski definition) is 4. The number of aromatic nitrogens is 4. The smallest absolute Gasteiger partial charge is 0.0850 e. The predicted molar refractivity (Wildman–Crippen MR) is 52.5 cm³/mol. The minimum atomic E-state index is 0.608. The summed E-state index contributed by atoms with van der Waals surface area (Å²) >= 11 is 0. The Kier molecular flexibility index (Phi) is 2.14. The van der Waals surface area contributed by atoms with Gasteiger partial charge < -0.3 is 5.73 Å². The Balaban J connectivity index is 2.23. The van der Waals surface area contributed by atoms with Crippen molar-refractivity contribution in [2.75, 3.05) is 5.73 Å². The van der Waals surface area contributed by atoms with E-state index in [0.29, 0.717) is 12.2 Å². The third kappa shape index (κ3) is 1.71. The van der Waals surface area contributed by atoms with Gasteiger partial charge in [0.05, 0.1) is 29.8 Å². The summed E-state index contributed by atoms with van der Waals surface area (Å²) in [4.78, 5) is 8.37. The summed E-state index contributed by atoms with van der Waals surface area (Å²) in [6.07, 6.45) is 6.74. The molecule has 14 heavy (non-hydrogen) atoms. The molecular weight excluding hydrogens is 178 g/mol. The van der Waals surface area contributed by atoms with Crippen LogP contribution in [-0.2, 0) is 6.54 Å². The quantitative estimate of drug-likeness (QED) is 0.751. The van der Waals surface area contributed by atoms with Crippen molar-refractivity contribution in [3.8, 4) is 0 Å². The summed E-state index contributed by atoms with van der Waals surface area (Å²) in [7, 11) is 0. The first-order chi connectivity index (χ1) is 6.75. The Morgan fingerprint density at radius 2 is 2.14 bits per heavy atom. The Hall–Kier alpha value is -1.91. The van der Waals surface area contributed by atoms with E-state index in [1.165, 1.54) is 0 Å². The highest BCUT2D eigenvalue weighted by Gasteiger charge is 2.01. The van der Waals surface area contributed by atoms with Crippen LogP contribution in [0.2, 0.25) is 0 Å². The minimum absolute atomic E-state index is 0.608. The molecule has 0 amide bonds. The van der Waals surface area contributed by atoms with Gasteiger partial charge in [0.15, 0.2) is 0 Å². The third-order valence-corrected chi connectivity index (χ3v) is 1.95. The number of nitrogens with zero attached hydrogens (tertiary/aromatic N) is 4. The van der Waals surface area contributed by atoms with Crippen molar-refractivity contribution in [3.05, 3.63) is 36.2 Å². The fourth-order valence-electron chi connectivity index (χ4n) is 1.21. The van der Waals surface area contributed by atoms with E-state index in [-0.39, 0.29) is 0 Å². The van der Waals surface area contributed by atoms with E-state index < -0.39 is 0 Å². The second-order valence-electron chi connectivity index (χ2n) is 3.06. The van der Waals surface area contributed by atoms with Gasteiger partial charge in [-0.15, -0.1) is 0 Å². The van der Waals surface area contributed by atoms with Crippen molar-refractivity contribution in [1.29, 1.82) is 0 Å². The molecule has 0 atom stereocenters. The summed E-state index contributed by atoms with van der Waals surface area (Å²) in [6.45, 7) is 2.53. The summed E-state index contributed by atoms with van der Waals surface area (Å²) in [5.74, 6) is 0. The molecule has 2 aromatic rings. The number of nitrogen functional groups attached to an aromatic ring is 1. The fourth-order valence-corrected chi connectivity index (χ4v) is 1.21. The summed E-state index contributed by atoms with van der Waals surface area (Å²) < 4.78 is 1.74. The normalized spacial score (nSPS) is 10.4. The molecule has 0 aliphatic rings. The molecule has 0 aromatic carbocycles. The van der Waals surface area contributed by atoms with Crippen LogP contribution in [0, 0.1) is 6.92 Å². The van der Waals surface area contributed by atoms with E-state index in [9.17, 15) is 0 Å². The molecule has 0 bridgehead atoms. The molecule has 2 aromatic heterocycles. The van der Waals surface area contributed by atoms with Crippen LogP contribution < -0.4 is 5.73 Å². The number of aryl methyl sites for hydroxylation is 1. The maximum Gasteiger partial charge on any atom is 0.0850 e. The van der Waals surface area contributed by atoms with Crippen LogP contribution in [0.3, 0.4) is 0 Å². The molecule has 0 fully saturated rings. The highest BCUT2D eigenvalue weighted by molar-refractivity contribution is 5.30. The molecule has 0 radical (unpaired) electrons. The highest BCUT2D eigenvalue weighted by atomic mass is 15.3. The SMILES string of the molecule is Cc1nccnc1Cn1cc(N)cn1. The topological polar surface area (TPSA) is 69.6 Å². The van der Waals surface area contributed by atoms with Gasteiger partial charge in [0.25, 0.3) is 0 Å². The fraction of sp³-hybridized carbons (Fsp3) is 0.222. The number of anilines is 1. The number of hydrogen-bond donors (Lipinski definition) is 1. The standard InChI is InChI=1S/C9H11N5/c1-7-9(12-3-2-11-7)6-14-5-8(10)4-13-14/h2-5H,6,10H2,1H3. The molecule has 5 nitrogen and oxygen atoms in total. The highest BCUT2D eigenvalue weighted by Crippen LogP contribution is 2.04. The summed E-state index contributed by atoms with van der Waals surface area (Å²) in [6, 6.07) is 0. The Bertz CT molecular complexity index is 434. The monoisotopic (exact) mass is 189 g/mol. The molecule has 0 saturated carbocycles. The molecule has 5 heteroatoms. The van der Waals surface area contributed by atoms with Gasteiger partial charge in [-0.2, -0.15) is 5.10 Å². The van der Waals surface area contributed by atoms with E-state index in [1.54, 1.807) is 29.5 Å². The largest absolute Gasteiger partial charge is 0.396 e. The van der Waals surface area contributed by atoms with Crippen molar-refractivity contribution in [2.45, 2.75) is 13.5 Å². The van der Waals surface area contributed by atoms with Gasteiger partial charge in [0.1, 0.15) is 0 Å². The van der Waals surface area contributed by atoms with Gasteiger partial charge in [0.2, 0.25) is 0 Å². The molecule has 72 valence electrons. The maximum absolute atomic E-state index is 5.55. The zero-order chi connectivity index (χ0) is 9.97. The van der Waals surface area contributed by atoms with Gasteiger partial charge in [-0.1, -0.05) is 0 Å². The zero-order valence-electron chi connectivity index (χ0n) is 7.88. The summed E-state index contributed by atoms with van der Waals surface area (Å²) in [5, 5.41) is 4.08. The molecule has 0 saturated heterocycles. The number of nitrogens with two attached hydrogens (primary N) is 1. The van der Waals surface area contributed by atoms with Gasteiger partial charge in [0, 0.05) is 18.6 Å². The maximum atomic E-state index is 5.55. The van der Waals surface area contributed by atoms with E-state index in [0.717, 1.165) is 11.4 Å². The van der Waals surface area contributed by atoms with Crippen molar-refractivity contribution in [3.63, 3.8) is 0 Å². The van der Waals surface area contributed by atoms with E-state index in [1.807, 2.05) is 6.92 Å². The molecule has 0 aliphatic carbocycles. The Morgan fingerprint density at radius 1 is 1.36 bits per heavy atom. The second kappa shape index (κ2) is 3.45. The molecule has 2 rings (SSSR count). The molecule has 2 N–H and O–H groups in total. The molecular formula is C9H11N5. The Morgan fingerprint density at radius 3 is 2.79 bits per heavy atom. The average Bonchev–Trinajstić information content (AvgIpc) is 2.56. The van der Waals surface area contributed by atoms with E-state index >= 15 is 0 Å². The van der Waals surface area contributed by atoms with Crippen LogP contribution in [0.5, 0.6) is 0 Å². The van der Waals surface area contributed by atoms with Crippen molar-refractivity contribution in [2.24, 2.45) is 0 Å². The van der Waals surface area contributed by atoms with Crippen LogP contribution in [0.4, 0.5) is 5.69 Å². The van der Waals surface area contributed by atoms with Gasteiger partial charge in [-0.05, 0) is 6.92 Å². The van der Waals surface area contributed by atoms with Gasteiger partial charge in [-0.3, -0.25) is 14.6 Å². The van der Waals surface area contributed by atoms with Crippen molar-refractivity contribution >= 4 is 5.69 Å². The zero-order valence-corrected chi connectivity index (χ0v) is 7.88. The predicted octanol–water partition coefficient (Wildman–Crippen LogP) is 0.612. The lowest BCUT2D eigenvalue weighted by molar-refractivity contribution is 0.665. The lowest BCUT2D eigenvalue weighted by atomic mass is 10.3. The van der Waals surface area contributed by atoms with Crippen LogP contribution in [-0.4, -0.2) is 19.7 Å². The lowest BCUT2D eigenvalue weighted by Gasteiger charge is -2.02. The minimum Gasteiger partial charge on any atom is -0.396 e. The first-order valence-electron chi connectivity index (χ1n) is 4.30. The van der Waals surface area contributed by atoms with Crippen LogP contribution in [0.1, 0.15) is 11.4 Å². The van der Waals surface area contributed by atoms with Crippen molar-refractivity contribution < 1.29 is 0 Å². The van der Waals surface area contributed by atoms with E-state index in [4.69, 9.17) is 5.73 Å².